The van der Waals surface area contributed by atoms with Gasteiger partial charge < -0.3 is 16.0 Å². The lowest BCUT2D eigenvalue weighted by atomic mass is 10.2. The summed E-state index contributed by atoms with van der Waals surface area (Å²) in [7, 11) is 0. The summed E-state index contributed by atoms with van der Waals surface area (Å²) in [6.45, 7) is 8.73. The van der Waals surface area contributed by atoms with E-state index in [1.54, 1.807) is 0 Å². The zero-order valence-corrected chi connectivity index (χ0v) is 13.6. The lowest BCUT2D eigenvalue weighted by molar-refractivity contribution is 0.0957. The molecular formula is C14H26N4OS. The highest BCUT2D eigenvalue weighted by molar-refractivity contribution is 7.18. The molecule has 0 unspecified atom stereocenters. The average molecular weight is 298 g/mol. The van der Waals surface area contributed by atoms with E-state index >= 15 is 0 Å². The minimum absolute atomic E-state index is 0.102. The van der Waals surface area contributed by atoms with Crippen LogP contribution in [0.2, 0.25) is 0 Å². The van der Waals surface area contributed by atoms with Gasteiger partial charge in [-0.3, -0.25) is 4.79 Å². The molecule has 5 nitrogen and oxygen atoms in total. The topological polar surface area (TPSA) is 71.2 Å². The molecule has 3 N–H and O–H groups in total. The van der Waals surface area contributed by atoms with Gasteiger partial charge in [0.1, 0.15) is 10.7 Å². The summed E-state index contributed by atoms with van der Waals surface area (Å²) in [5.41, 5.74) is 5.85. The Balaban J connectivity index is 2.55. The number of thiazole rings is 1. The predicted molar refractivity (Wildman–Crippen MR) is 86.6 cm³/mol. The molecule has 0 radical (unpaired) electrons. The zero-order valence-electron chi connectivity index (χ0n) is 12.7. The summed E-state index contributed by atoms with van der Waals surface area (Å²) in [6, 6.07) is 0. The van der Waals surface area contributed by atoms with Crippen molar-refractivity contribution in [1.82, 2.24) is 10.3 Å². The third-order valence-electron chi connectivity index (χ3n) is 3.20. The summed E-state index contributed by atoms with van der Waals surface area (Å²) in [6.07, 6.45) is 4.58. The fraction of sp³-hybridized carbons (Fsp3) is 0.714. The van der Waals surface area contributed by atoms with E-state index in [2.05, 4.69) is 36.0 Å². The molecule has 0 saturated heterocycles. The molecule has 0 bridgehead atoms. The van der Waals surface area contributed by atoms with Gasteiger partial charge in [-0.1, -0.05) is 37.5 Å². The van der Waals surface area contributed by atoms with Crippen molar-refractivity contribution in [2.45, 2.75) is 46.5 Å². The Morgan fingerprint density at radius 2 is 1.95 bits per heavy atom. The van der Waals surface area contributed by atoms with Crippen molar-refractivity contribution in [1.29, 1.82) is 0 Å². The van der Waals surface area contributed by atoms with Crippen molar-refractivity contribution in [3.05, 3.63) is 4.88 Å². The molecule has 1 rings (SSSR count). The minimum atomic E-state index is -0.102. The molecule has 1 amide bonds. The number of carbonyl (C=O) groups excluding carboxylic acids is 1. The van der Waals surface area contributed by atoms with Gasteiger partial charge in [-0.05, 0) is 20.3 Å². The number of carbonyl (C=O) groups is 1. The van der Waals surface area contributed by atoms with Crippen LogP contribution in [0.4, 0.5) is 10.9 Å². The molecule has 1 heterocycles. The monoisotopic (exact) mass is 298 g/mol. The van der Waals surface area contributed by atoms with Crippen LogP contribution in [0, 0.1) is 0 Å². The van der Waals surface area contributed by atoms with Gasteiger partial charge in [0, 0.05) is 19.6 Å². The lowest BCUT2D eigenvalue weighted by Crippen LogP contribution is -2.24. The summed E-state index contributed by atoms with van der Waals surface area (Å²) in [5.74, 6) is 0.234. The Labute approximate surface area is 125 Å². The van der Waals surface area contributed by atoms with E-state index < -0.39 is 0 Å². The van der Waals surface area contributed by atoms with Gasteiger partial charge in [0.2, 0.25) is 0 Å². The van der Waals surface area contributed by atoms with Gasteiger partial charge in [-0.15, -0.1) is 0 Å². The van der Waals surface area contributed by atoms with Crippen molar-refractivity contribution < 1.29 is 4.79 Å². The standard InChI is InChI=1S/C14H26N4OS/c1-4-7-8-9-10-16-13(19)11-12(15)17-14(20-11)18(5-2)6-3/h4-10,15H2,1-3H3,(H,16,19). The van der Waals surface area contributed by atoms with Crippen LogP contribution >= 0.6 is 11.3 Å². The SMILES string of the molecule is CCCCCCNC(=O)c1sc(N(CC)CC)nc1N. The minimum Gasteiger partial charge on any atom is -0.382 e. The van der Waals surface area contributed by atoms with E-state index in [0.717, 1.165) is 31.1 Å². The molecule has 0 aromatic carbocycles. The van der Waals surface area contributed by atoms with Crippen LogP contribution in [0.25, 0.3) is 0 Å². The second kappa shape index (κ2) is 8.79. The smallest absolute Gasteiger partial charge is 0.265 e. The first-order valence-corrected chi connectivity index (χ1v) is 8.25. The predicted octanol–water partition coefficient (Wildman–Crippen LogP) is 2.88. The highest BCUT2D eigenvalue weighted by Gasteiger charge is 2.17. The number of amides is 1. The lowest BCUT2D eigenvalue weighted by Gasteiger charge is -2.16. The highest BCUT2D eigenvalue weighted by Crippen LogP contribution is 2.27. The molecular weight excluding hydrogens is 272 g/mol. The number of anilines is 2. The molecule has 0 fully saturated rings. The summed E-state index contributed by atoms with van der Waals surface area (Å²) in [5, 5.41) is 3.74. The summed E-state index contributed by atoms with van der Waals surface area (Å²) in [4.78, 5) is 19.0. The van der Waals surface area contributed by atoms with Crippen LogP contribution < -0.4 is 16.0 Å². The summed E-state index contributed by atoms with van der Waals surface area (Å²) >= 11 is 1.37. The largest absolute Gasteiger partial charge is 0.382 e. The van der Waals surface area contributed by atoms with Crippen LogP contribution in [-0.4, -0.2) is 30.5 Å². The molecule has 20 heavy (non-hydrogen) atoms. The van der Waals surface area contributed by atoms with Crippen LogP contribution in [0.15, 0.2) is 0 Å². The Morgan fingerprint density at radius 1 is 1.25 bits per heavy atom. The Bertz CT molecular complexity index is 415. The molecule has 0 atom stereocenters. The number of nitrogens with zero attached hydrogens (tertiary/aromatic N) is 2. The van der Waals surface area contributed by atoms with Gasteiger partial charge in [-0.25, -0.2) is 4.98 Å². The number of nitrogens with two attached hydrogens (primary N) is 1. The molecule has 114 valence electrons. The average Bonchev–Trinajstić information content (AvgIpc) is 2.82. The van der Waals surface area contributed by atoms with E-state index in [1.807, 2.05) is 0 Å². The van der Waals surface area contributed by atoms with Gasteiger partial charge in [0.05, 0.1) is 0 Å². The molecule has 0 saturated carbocycles. The first kappa shape index (κ1) is 16.8. The van der Waals surface area contributed by atoms with Crippen LogP contribution in [0.5, 0.6) is 0 Å². The summed E-state index contributed by atoms with van der Waals surface area (Å²) < 4.78 is 0. The fourth-order valence-corrected chi connectivity index (χ4v) is 2.98. The maximum atomic E-state index is 12.1. The van der Waals surface area contributed by atoms with E-state index in [0.29, 0.717) is 17.2 Å². The molecule has 0 aliphatic rings. The van der Waals surface area contributed by atoms with Crippen LogP contribution in [0.1, 0.15) is 56.1 Å². The molecule has 6 heteroatoms. The van der Waals surface area contributed by atoms with Crippen molar-refractivity contribution in [3.63, 3.8) is 0 Å². The third-order valence-corrected chi connectivity index (χ3v) is 4.33. The number of aromatic nitrogens is 1. The molecule has 1 aromatic rings. The fourth-order valence-electron chi connectivity index (χ4n) is 1.95. The second-order valence-electron chi connectivity index (χ2n) is 4.70. The second-order valence-corrected chi connectivity index (χ2v) is 5.68. The van der Waals surface area contributed by atoms with Gasteiger partial charge in [-0.2, -0.15) is 0 Å². The van der Waals surface area contributed by atoms with Gasteiger partial charge >= 0.3 is 0 Å². The Morgan fingerprint density at radius 3 is 2.55 bits per heavy atom. The van der Waals surface area contributed by atoms with Crippen molar-refractivity contribution in [3.8, 4) is 0 Å². The molecule has 1 aromatic heterocycles. The Kier molecular flexibility index (Phi) is 7.36. The quantitative estimate of drug-likeness (QED) is 0.688. The number of unbranched alkanes of at least 4 members (excludes halogenated alkanes) is 3. The van der Waals surface area contributed by atoms with Crippen LogP contribution in [0.3, 0.4) is 0 Å². The van der Waals surface area contributed by atoms with Gasteiger partial charge in [0.15, 0.2) is 5.13 Å². The number of hydrogen-bond donors (Lipinski definition) is 2. The highest BCUT2D eigenvalue weighted by atomic mass is 32.1. The maximum absolute atomic E-state index is 12.1. The first-order valence-electron chi connectivity index (χ1n) is 7.43. The maximum Gasteiger partial charge on any atom is 0.265 e. The first-order chi connectivity index (χ1) is 9.63. The number of hydrogen-bond acceptors (Lipinski definition) is 5. The Hall–Kier alpha value is -1.30. The van der Waals surface area contributed by atoms with E-state index in [1.165, 1.54) is 24.2 Å². The zero-order chi connectivity index (χ0) is 15.0. The van der Waals surface area contributed by atoms with Crippen LogP contribution in [-0.2, 0) is 0 Å². The number of nitrogens with one attached hydrogen (secondary N) is 1. The number of rotatable bonds is 9. The van der Waals surface area contributed by atoms with E-state index in [-0.39, 0.29) is 5.91 Å². The van der Waals surface area contributed by atoms with Crippen molar-refractivity contribution in [2.24, 2.45) is 0 Å². The van der Waals surface area contributed by atoms with Gasteiger partial charge in [0.25, 0.3) is 5.91 Å². The third kappa shape index (κ3) is 4.67. The normalized spacial score (nSPS) is 10.6. The van der Waals surface area contributed by atoms with E-state index in [9.17, 15) is 4.79 Å². The molecule has 0 spiro atoms. The molecule has 0 aliphatic carbocycles. The van der Waals surface area contributed by atoms with Crippen molar-refractivity contribution >= 4 is 28.2 Å². The van der Waals surface area contributed by atoms with E-state index in [4.69, 9.17) is 5.73 Å². The molecule has 0 aliphatic heterocycles. The number of nitrogen functional groups attached to an aromatic ring is 1. The van der Waals surface area contributed by atoms with Crippen molar-refractivity contribution in [2.75, 3.05) is 30.3 Å².